The summed E-state index contributed by atoms with van der Waals surface area (Å²) in [4.78, 5) is 12.2. The Balaban J connectivity index is 1.89. The van der Waals surface area contributed by atoms with Crippen LogP contribution in [0.1, 0.15) is 18.4 Å². The van der Waals surface area contributed by atoms with Crippen molar-refractivity contribution in [1.82, 2.24) is 20.3 Å². The monoisotopic (exact) mass is 311 g/mol. The molecule has 5 nitrogen and oxygen atoms in total. The molecule has 0 aromatic carbocycles. The molecule has 2 aromatic rings. The van der Waals surface area contributed by atoms with Crippen molar-refractivity contribution in [2.24, 2.45) is 0 Å². The van der Waals surface area contributed by atoms with Gasteiger partial charge in [-0.2, -0.15) is 13.2 Å². The second kappa shape index (κ2) is 6.04. The number of nitrogens with zero attached hydrogens (tertiary/aromatic N) is 3. The van der Waals surface area contributed by atoms with Crippen LogP contribution in [0.5, 0.6) is 0 Å². The number of nitrogens with one attached hydrogen (secondary N) is 2. The predicted molar refractivity (Wildman–Crippen MR) is 76.6 cm³/mol. The van der Waals surface area contributed by atoms with Crippen LogP contribution in [-0.2, 0) is 6.42 Å². The van der Waals surface area contributed by atoms with Gasteiger partial charge in [-0.1, -0.05) is 0 Å². The minimum Gasteiger partial charge on any atom is -0.367 e. The van der Waals surface area contributed by atoms with Gasteiger partial charge in [-0.15, -0.1) is 0 Å². The molecule has 2 N–H and O–H groups in total. The zero-order chi connectivity index (χ0) is 15.6. The number of rotatable bonds is 3. The van der Waals surface area contributed by atoms with Crippen LogP contribution in [0, 0.1) is 0 Å². The Bertz CT molecular complexity index is 652. The molecule has 1 aliphatic heterocycles. The molecule has 22 heavy (non-hydrogen) atoms. The number of aromatic nitrogens is 3. The van der Waals surface area contributed by atoms with Gasteiger partial charge in [-0.25, -0.2) is 15.0 Å². The zero-order valence-corrected chi connectivity index (χ0v) is 11.8. The Morgan fingerprint density at radius 2 is 1.95 bits per heavy atom. The molecule has 1 saturated heterocycles. The fraction of sp³-hybridized carbons (Fsp3) is 0.500. The molecule has 3 rings (SSSR count). The van der Waals surface area contributed by atoms with E-state index in [1.807, 2.05) is 0 Å². The van der Waals surface area contributed by atoms with Gasteiger partial charge in [0.2, 0.25) is 0 Å². The van der Waals surface area contributed by atoms with E-state index in [-0.39, 0.29) is 11.6 Å². The van der Waals surface area contributed by atoms with Crippen molar-refractivity contribution in [2.45, 2.75) is 31.5 Å². The molecule has 3 heterocycles. The summed E-state index contributed by atoms with van der Waals surface area (Å²) >= 11 is 0. The van der Waals surface area contributed by atoms with Gasteiger partial charge in [0.05, 0.1) is 11.8 Å². The van der Waals surface area contributed by atoms with Gasteiger partial charge in [0.15, 0.2) is 5.65 Å². The molecule has 0 amide bonds. The lowest BCUT2D eigenvalue weighted by atomic mass is 10.1. The lowest BCUT2D eigenvalue weighted by Crippen LogP contribution is -2.35. The number of hydrogen-bond donors (Lipinski definition) is 2. The summed E-state index contributed by atoms with van der Waals surface area (Å²) in [5, 5.41) is 7.09. The summed E-state index contributed by atoms with van der Waals surface area (Å²) in [6.07, 6.45) is -0.771. The van der Waals surface area contributed by atoms with Crippen molar-refractivity contribution in [3.05, 3.63) is 24.2 Å². The van der Waals surface area contributed by atoms with E-state index in [1.165, 1.54) is 18.6 Å². The maximum absolute atomic E-state index is 12.5. The second-order valence-electron chi connectivity index (χ2n) is 5.40. The first-order chi connectivity index (χ1) is 10.5. The van der Waals surface area contributed by atoms with Crippen molar-refractivity contribution >= 4 is 16.9 Å². The maximum atomic E-state index is 12.5. The molecule has 1 aliphatic rings. The van der Waals surface area contributed by atoms with Crippen LogP contribution in [0.25, 0.3) is 11.0 Å². The van der Waals surface area contributed by atoms with Gasteiger partial charge in [-0.05, 0) is 37.6 Å². The Kier molecular flexibility index (Phi) is 4.10. The van der Waals surface area contributed by atoms with E-state index in [0.717, 1.165) is 25.9 Å². The number of alkyl halides is 3. The quantitative estimate of drug-likeness (QED) is 0.910. The third-order valence-electron chi connectivity index (χ3n) is 3.63. The van der Waals surface area contributed by atoms with Crippen LogP contribution < -0.4 is 10.6 Å². The zero-order valence-electron chi connectivity index (χ0n) is 11.8. The molecule has 1 fully saturated rings. The van der Waals surface area contributed by atoms with Crippen molar-refractivity contribution in [2.75, 3.05) is 18.4 Å². The van der Waals surface area contributed by atoms with Crippen LogP contribution in [0.2, 0.25) is 0 Å². The molecule has 0 unspecified atom stereocenters. The molecule has 0 bridgehead atoms. The van der Waals surface area contributed by atoms with E-state index in [0.29, 0.717) is 16.9 Å². The third kappa shape index (κ3) is 3.62. The topological polar surface area (TPSA) is 62.7 Å². The second-order valence-corrected chi connectivity index (χ2v) is 5.40. The van der Waals surface area contributed by atoms with E-state index < -0.39 is 12.6 Å². The highest BCUT2D eigenvalue weighted by Crippen LogP contribution is 2.25. The summed E-state index contributed by atoms with van der Waals surface area (Å²) in [5.74, 6) is 0.549. The highest BCUT2D eigenvalue weighted by Gasteiger charge is 2.28. The first-order valence-corrected chi connectivity index (χ1v) is 7.15. The van der Waals surface area contributed by atoms with Gasteiger partial charge in [0, 0.05) is 12.2 Å². The van der Waals surface area contributed by atoms with E-state index in [4.69, 9.17) is 0 Å². The van der Waals surface area contributed by atoms with Gasteiger partial charge in [0.1, 0.15) is 12.1 Å². The molecule has 0 aliphatic carbocycles. The fourth-order valence-electron chi connectivity index (χ4n) is 2.59. The molecular weight excluding hydrogens is 295 g/mol. The lowest BCUT2D eigenvalue weighted by molar-refractivity contribution is -0.127. The Morgan fingerprint density at radius 3 is 2.68 bits per heavy atom. The highest BCUT2D eigenvalue weighted by molar-refractivity contribution is 5.86. The first-order valence-electron chi connectivity index (χ1n) is 7.15. The number of anilines is 1. The summed E-state index contributed by atoms with van der Waals surface area (Å²) in [5.41, 5.74) is 0.514. The van der Waals surface area contributed by atoms with Gasteiger partial charge in [-0.3, -0.25) is 0 Å². The van der Waals surface area contributed by atoms with Gasteiger partial charge in [0.25, 0.3) is 0 Å². The average Bonchev–Trinajstić information content (AvgIpc) is 2.47. The summed E-state index contributed by atoms with van der Waals surface area (Å²) in [6.45, 7) is 1.83. The average molecular weight is 311 g/mol. The lowest BCUT2D eigenvalue weighted by Gasteiger charge is -2.24. The summed E-state index contributed by atoms with van der Waals surface area (Å²) in [7, 11) is 0. The summed E-state index contributed by atoms with van der Waals surface area (Å²) in [6, 6.07) is 1.73. The largest absolute Gasteiger partial charge is 0.393 e. The predicted octanol–water partition coefficient (Wildman–Crippen LogP) is 2.29. The van der Waals surface area contributed by atoms with Gasteiger partial charge < -0.3 is 10.6 Å². The fourth-order valence-corrected chi connectivity index (χ4v) is 2.59. The molecule has 0 spiro atoms. The first kappa shape index (κ1) is 15.0. The number of pyridine rings is 1. The summed E-state index contributed by atoms with van der Waals surface area (Å²) < 4.78 is 37.6. The molecule has 0 radical (unpaired) electrons. The van der Waals surface area contributed by atoms with Crippen LogP contribution in [-0.4, -0.2) is 40.3 Å². The minimum atomic E-state index is -4.26. The maximum Gasteiger partial charge on any atom is 0.393 e. The van der Waals surface area contributed by atoms with Crippen LogP contribution in [0.4, 0.5) is 19.0 Å². The molecule has 0 saturated carbocycles. The van der Waals surface area contributed by atoms with E-state index >= 15 is 0 Å². The highest BCUT2D eigenvalue weighted by atomic mass is 19.4. The van der Waals surface area contributed by atoms with Crippen molar-refractivity contribution in [3.8, 4) is 0 Å². The molecule has 8 heteroatoms. The molecule has 0 atom stereocenters. The van der Waals surface area contributed by atoms with E-state index in [2.05, 4.69) is 25.6 Å². The minimum absolute atomic E-state index is 0.114. The smallest absolute Gasteiger partial charge is 0.367 e. The van der Waals surface area contributed by atoms with Crippen molar-refractivity contribution < 1.29 is 13.2 Å². The number of fused-ring (bicyclic) bond motifs is 1. The molecule has 118 valence electrons. The standard InChI is InChI=1S/C14H16F3N5/c15-14(16,17)6-9-5-11-12(19-7-9)20-8-21-13(11)22-10-1-3-18-4-2-10/h5,7-8,10,18H,1-4,6H2,(H,19,20,21,22). The Hall–Kier alpha value is -1.96. The van der Waals surface area contributed by atoms with Crippen molar-refractivity contribution in [3.63, 3.8) is 0 Å². The van der Waals surface area contributed by atoms with E-state index in [1.54, 1.807) is 0 Å². The normalized spacial score (nSPS) is 16.9. The van der Waals surface area contributed by atoms with Crippen LogP contribution in [0.3, 0.4) is 0 Å². The Morgan fingerprint density at radius 1 is 1.18 bits per heavy atom. The van der Waals surface area contributed by atoms with E-state index in [9.17, 15) is 13.2 Å². The van der Waals surface area contributed by atoms with Crippen molar-refractivity contribution in [1.29, 1.82) is 0 Å². The molecule has 2 aromatic heterocycles. The SMILES string of the molecule is FC(F)(F)Cc1cnc2ncnc(NC3CCNCC3)c2c1. The Labute approximate surface area is 125 Å². The number of piperidine rings is 1. The van der Waals surface area contributed by atoms with Crippen LogP contribution in [0.15, 0.2) is 18.6 Å². The van der Waals surface area contributed by atoms with Gasteiger partial charge >= 0.3 is 6.18 Å². The molecular formula is C14H16F3N5. The third-order valence-corrected chi connectivity index (χ3v) is 3.63. The van der Waals surface area contributed by atoms with Crippen LogP contribution >= 0.6 is 0 Å². The number of hydrogen-bond acceptors (Lipinski definition) is 5. The number of halogens is 3.